The second kappa shape index (κ2) is 12.8. The molecule has 14 nitrogen and oxygen atoms in total. The van der Waals surface area contributed by atoms with Gasteiger partial charge in [0.1, 0.15) is 23.7 Å². The molecule has 18 heteroatoms. The molecule has 192 valence electrons. The minimum absolute atomic E-state index is 0. The molecule has 1 aromatic heterocycles. The SMILES string of the molecule is O=C(O)Cn1nnnc1SCC(=O)N[C@@H]1C(=O)N2C(C(=O)O)=C(C=C3CCN(C4CC4)C3=O)CS[C@H]12.[Na].[Na]. The number of amides is 3. The van der Waals surface area contributed by atoms with Gasteiger partial charge in [-0.2, -0.15) is 0 Å². The zero-order valence-electron chi connectivity index (χ0n) is 20.7. The molecule has 2 saturated heterocycles. The van der Waals surface area contributed by atoms with Crippen molar-refractivity contribution in [3.8, 4) is 0 Å². The van der Waals surface area contributed by atoms with E-state index < -0.39 is 41.7 Å². The number of aliphatic carboxylic acids is 2. The zero-order chi connectivity index (χ0) is 25.6. The Morgan fingerprint density at radius 3 is 2.58 bits per heavy atom. The maximum Gasteiger partial charge on any atom is 0.352 e. The van der Waals surface area contributed by atoms with Crippen molar-refractivity contribution in [3.05, 3.63) is 22.9 Å². The molecule has 1 saturated carbocycles. The maximum absolute atomic E-state index is 12.8. The molecule has 3 N–H and O–H groups in total. The number of hydrogen-bond acceptors (Lipinski definition) is 10. The molecule has 3 fully saturated rings. The summed E-state index contributed by atoms with van der Waals surface area (Å²) in [6, 6.07) is -0.620. The van der Waals surface area contributed by atoms with Crippen LogP contribution >= 0.6 is 23.5 Å². The molecule has 0 spiro atoms. The number of hydrogen-bond donors (Lipinski definition) is 3. The fraction of sp³-hybridized carbons (Fsp3) is 0.500. The number of rotatable bonds is 9. The molecule has 0 aromatic carbocycles. The Morgan fingerprint density at radius 1 is 1.18 bits per heavy atom. The number of nitrogens with zero attached hydrogens (tertiary/aromatic N) is 6. The number of nitrogens with one attached hydrogen (secondary N) is 1. The number of carboxylic acids is 2. The minimum atomic E-state index is -1.27. The summed E-state index contributed by atoms with van der Waals surface area (Å²) in [4.78, 5) is 63.9. The Labute approximate surface area is 268 Å². The second-order valence-corrected chi connectivity index (χ2v) is 10.6. The van der Waals surface area contributed by atoms with E-state index in [-0.39, 0.29) is 93.4 Å². The van der Waals surface area contributed by atoms with Crippen molar-refractivity contribution >= 4 is 112 Å². The molecule has 2 radical (unpaired) electrons. The third-order valence-corrected chi connectivity index (χ3v) is 8.39. The van der Waals surface area contributed by atoms with Crippen LogP contribution in [0, 0.1) is 0 Å². The topological polar surface area (TPSA) is 188 Å². The van der Waals surface area contributed by atoms with Crippen molar-refractivity contribution in [2.45, 2.75) is 48.4 Å². The fourth-order valence-corrected chi connectivity index (χ4v) is 6.33. The van der Waals surface area contributed by atoms with Gasteiger partial charge in [0.05, 0.1) is 5.75 Å². The minimum Gasteiger partial charge on any atom is -0.480 e. The summed E-state index contributed by atoms with van der Waals surface area (Å²) in [5.41, 5.74) is 0.792. The first-order valence-corrected chi connectivity index (χ1v) is 13.1. The van der Waals surface area contributed by atoms with Gasteiger partial charge in [-0.05, 0) is 41.3 Å². The summed E-state index contributed by atoms with van der Waals surface area (Å²) in [5, 5.41) is 31.5. The average molecular weight is 582 g/mol. The summed E-state index contributed by atoms with van der Waals surface area (Å²) in [6.07, 6.45) is 4.13. The summed E-state index contributed by atoms with van der Waals surface area (Å²) < 4.78 is 1.03. The molecule has 38 heavy (non-hydrogen) atoms. The van der Waals surface area contributed by atoms with E-state index in [0.717, 1.165) is 34.2 Å². The van der Waals surface area contributed by atoms with Crippen LogP contribution in [0.15, 0.2) is 28.1 Å². The molecule has 0 unspecified atom stereocenters. The van der Waals surface area contributed by atoms with Gasteiger partial charge in [-0.15, -0.1) is 16.9 Å². The number of carbonyl (C=O) groups is 5. The van der Waals surface area contributed by atoms with Gasteiger partial charge < -0.3 is 20.4 Å². The van der Waals surface area contributed by atoms with Gasteiger partial charge in [0.2, 0.25) is 17.0 Å². The number of thioether (sulfide) groups is 2. The second-order valence-electron chi connectivity index (χ2n) is 8.58. The Bertz CT molecular complexity index is 1240. The molecular formula is C20H21N7Na2O7S2. The van der Waals surface area contributed by atoms with E-state index in [0.29, 0.717) is 24.1 Å². The standard InChI is InChI=1S/C20H21N7O7S2.2Na/c28-12(8-36-20-22-23-24-26(20)6-13(29)30)21-14-17(32)27-15(19(33)34)10(7-35-18(14)27)5-9-3-4-25(16(9)31)11-1-2-11;;/h5,11,14,18H,1-4,6-8H2,(H,21,28)(H,29,30)(H,33,34);;/t14-,18-;;/m1../s1. The number of aromatic nitrogens is 4. The summed E-state index contributed by atoms with van der Waals surface area (Å²) in [6.45, 7) is 0.164. The number of β-lactam (4-membered cyclic amide) rings is 1. The van der Waals surface area contributed by atoms with Crippen LogP contribution in [0.3, 0.4) is 0 Å². The molecule has 1 aliphatic carbocycles. The average Bonchev–Trinajstić information content (AvgIpc) is 3.48. The molecule has 4 heterocycles. The number of likely N-dealkylation sites (tertiary alicyclic amines) is 1. The van der Waals surface area contributed by atoms with Crippen LogP contribution in [0.25, 0.3) is 0 Å². The van der Waals surface area contributed by atoms with Crippen LogP contribution in [0.4, 0.5) is 0 Å². The van der Waals surface area contributed by atoms with E-state index in [2.05, 4.69) is 20.8 Å². The zero-order valence-corrected chi connectivity index (χ0v) is 26.3. The first kappa shape index (κ1) is 31.1. The van der Waals surface area contributed by atoms with E-state index >= 15 is 0 Å². The van der Waals surface area contributed by atoms with Gasteiger partial charge in [-0.1, -0.05) is 11.8 Å². The quantitative estimate of drug-likeness (QED) is 0.128. The number of allylic oxidation sites excluding steroid dienone is 1. The van der Waals surface area contributed by atoms with Gasteiger partial charge in [-0.25, -0.2) is 9.48 Å². The first-order valence-electron chi connectivity index (χ1n) is 11.1. The van der Waals surface area contributed by atoms with Crippen LogP contribution in [0.2, 0.25) is 0 Å². The van der Waals surface area contributed by atoms with Gasteiger partial charge in [-0.3, -0.25) is 24.1 Å². The predicted molar refractivity (Wildman–Crippen MR) is 135 cm³/mol. The normalized spacial score (nSPS) is 23.4. The van der Waals surface area contributed by atoms with Gasteiger partial charge in [0, 0.05) is 83.0 Å². The molecule has 0 bridgehead atoms. The van der Waals surface area contributed by atoms with Gasteiger partial charge in [0.15, 0.2) is 0 Å². The van der Waals surface area contributed by atoms with Crippen molar-refractivity contribution in [1.29, 1.82) is 0 Å². The van der Waals surface area contributed by atoms with Crippen LogP contribution in [0.5, 0.6) is 0 Å². The van der Waals surface area contributed by atoms with Gasteiger partial charge >= 0.3 is 11.9 Å². The van der Waals surface area contributed by atoms with Crippen molar-refractivity contribution < 1.29 is 34.2 Å². The van der Waals surface area contributed by atoms with Crippen LogP contribution in [0.1, 0.15) is 19.3 Å². The van der Waals surface area contributed by atoms with E-state index in [9.17, 15) is 29.1 Å². The van der Waals surface area contributed by atoms with E-state index in [1.807, 2.05) is 4.90 Å². The first-order chi connectivity index (χ1) is 17.2. The number of carboxylic acid groups (broad SMARTS) is 2. The summed E-state index contributed by atoms with van der Waals surface area (Å²) in [5.74, 6) is -3.43. The molecule has 3 aliphatic heterocycles. The maximum atomic E-state index is 12.8. The smallest absolute Gasteiger partial charge is 0.352 e. The van der Waals surface area contributed by atoms with Crippen molar-refractivity contribution in [2.24, 2.45) is 0 Å². The van der Waals surface area contributed by atoms with Crippen LogP contribution < -0.4 is 5.32 Å². The summed E-state index contributed by atoms with van der Waals surface area (Å²) in [7, 11) is 0. The van der Waals surface area contributed by atoms with E-state index in [1.54, 1.807) is 6.08 Å². The third-order valence-electron chi connectivity index (χ3n) is 6.13. The van der Waals surface area contributed by atoms with Crippen molar-refractivity contribution in [1.82, 2.24) is 35.3 Å². The predicted octanol–water partition coefficient (Wildman–Crippen LogP) is -1.85. The van der Waals surface area contributed by atoms with Crippen molar-refractivity contribution in [2.75, 3.05) is 18.1 Å². The van der Waals surface area contributed by atoms with E-state index in [4.69, 9.17) is 5.11 Å². The largest absolute Gasteiger partial charge is 0.480 e. The Kier molecular flexibility index (Phi) is 10.5. The molecule has 1 aromatic rings. The fourth-order valence-electron chi connectivity index (χ4n) is 4.34. The Morgan fingerprint density at radius 2 is 1.92 bits per heavy atom. The van der Waals surface area contributed by atoms with Crippen LogP contribution in [-0.2, 0) is 30.5 Å². The molecule has 4 aliphatic rings. The van der Waals surface area contributed by atoms with E-state index in [1.165, 1.54) is 11.8 Å². The number of tetrazole rings is 1. The Hall–Kier alpha value is -1.40. The molecule has 5 rings (SSSR count). The third kappa shape index (κ3) is 6.32. The summed E-state index contributed by atoms with van der Waals surface area (Å²) >= 11 is 2.23. The number of fused-ring (bicyclic) bond motifs is 1. The van der Waals surface area contributed by atoms with Gasteiger partial charge in [0.25, 0.3) is 5.91 Å². The molecule has 3 amide bonds. The molecular weight excluding hydrogens is 560 g/mol. The number of carbonyl (C=O) groups excluding carboxylic acids is 3. The van der Waals surface area contributed by atoms with Crippen LogP contribution in [-0.4, -0.2) is 165 Å². The Balaban J connectivity index is 0.00000200. The van der Waals surface area contributed by atoms with Crippen molar-refractivity contribution in [3.63, 3.8) is 0 Å². The monoisotopic (exact) mass is 581 g/mol. The molecule has 2 atom stereocenters.